The molecular weight excluding hydrogens is 252 g/mol. The summed E-state index contributed by atoms with van der Waals surface area (Å²) in [6, 6.07) is 5.33. The van der Waals surface area contributed by atoms with Crippen LogP contribution < -0.4 is 0 Å². The number of aliphatic hydroxyl groups excluding tert-OH is 1. The lowest BCUT2D eigenvalue weighted by Gasteiger charge is -2.06. The zero-order chi connectivity index (χ0) is 14.5. The Balaban J connectivity index is 1.97. The lowest BCUT2D eigenvalue weighted by molar-refractivity contribution is 0.0663. The van der Waals surface area contributed by atoms with Gasteiger partial charge in [-0.05, 0) is 18.4 Å². The van der Waals surface area contributed by atoms with Crippen molar-refractivity contribution >= 4 is 11.6 Å². The van der Waals surface area contributed by atoms with Gasteiger partial charge in [0, 0.05) is 11.1 Å². The van der Waals surface area contributed by atoms with E-state index in [1.54, 1.807) is 12.1 Å². The Kier molecular flexibility index (Phi) is 5.07. The van der Waals surface area contributed by atoms with E-state index in [1.165, 1.54) is 25.7 Å². The highest BCUT2D eigenvalue weighted by Gasteiger charge is 2.38. The topological polar surface area (TPSA) is 54.4 Å². The van der Waals surface area contributed by atoms with Gasteiger partial charge in [-0.3, -0.25) is 9.59 Å². The number of benzene rings is 1. The molecule has 0 aromatic heterocycles. The van der Waals surface area contributed by atoms with Gasteiger partial charge < -0.3 is 5.11 Å². The van der Waals surface area contributed by atoms with Crippen molar-refractivity contribution in [2.24, 2.45) is 0 Å². The molecule has 0 bridgehead atoms. The quantitative estimate of drug-likeness (QED) is 0.613. The van der Waals surface area contributed by atoms with Crippen molar-refractivity contribution in [3.63, 3.8) is 0 Å². The summed E-state index contributed by atoms with van der Waals surface area (Å²) in [4.78, 5) is 23.7. The maximum absolute atomic E-state index is 11.9. The van der Waals surface area contributed by atoms with E-state index in [9.17, 15) is 14.7 Å². The molecule has 1 aliphatic rings. The monoisotopic (exact) mass is 274 g/mol. The Bertz CT molecular complexity index is 505. The van der Waals surface area contributed by atoms with Gasteiger partial charge in [-0.1, -0.05) is 57.2 Å². The summed E-state index contributed by atoms with van der Waals surface area (Å²) in [5, 5.41) is 9.58. The average molecular weight is 274 g/mol. The van der Waals surface area contributed by atoms with Crippen LogP contribution in [0.2, 0.25) is 0 Å². The van der Waals surface area contributed by atoms with Gasteiger partial charge in [-0.2, -0.15) is 0 Å². The van der Waals surface area contributed by atoms with Gasteiger partial charge in [-0.25, -0.2) is 0 Å². The molecule has 0 fully saturated rings. The predicted octanol–water partition coefficient (Wildman–Crippen LogP) is 3.33. The minimum absolute atomic E-state index is 0.394. The minimum atomic E-state index is -1.48. The smallest absolute Gasteiger partial charge is 0.200 e. The Labute approximate surface area is 120 Å². The van der Waals surface area contributed by atoms with Crippen LogP contribution in [0.1, 0.15) is 71.7 Å². The molecular formula is C17H22O3. The van der Waals surface area contributed by atoms with Crippen LogP contribution in [0.5, 0.6) is 0 Å². The van der Waals surface area contributed by atoms with E-state index in [2.05, 4.69) is 6.92 Å². The molecule has 1 aliphatic carbocycles. The molecule has 20 heavy (non-hydrogen) atoms. The summed E-state index contributed by atoms with van der Waals surface area (Å²) in [6.45, 7) is 2.20. The molecule has 0 spiro atoms. The van der Waals surface area contributed by atoms with E-state index < -0.39 is 17.7 Å². The summed E-state index contributed by atoms with van der Waals surface area (Å²) >= 11 is 0. The van der Waals surface area contributed by atoms with E-state index in [-0.39, 0.29) is 0 Å². The second-order valence-electron chi connectivity index (χ2n) is 5.49. The fraction of sp³-hybridized carbons (Fsp3) is 0.529. The molecule has 1 N–H and O–H groups in total. The van der Waals surface area contributed by atoms with Crippen LogP contribution >= 0.6 is 0 Å². The van der Waals surface area contributed by atoms with Crippen molar-refractivity contribution in [1.29, 1.82) is 0 Å². The SMILES string of the molecule is CCCCCCCCc1cccc2c1C(=O)C(O)C2=O. The van der Waals surface area contributed by atoms with Crippen LogP contribution in [-0.4, -0.2) is 22.8 Å². The molecule has 1 unspecified atom stereocenters. The highest BCUT2D eigenvalue weighted by molar-refractivity contribution is 6.28. The predicted molar refractivity (Wildman–Crippen MR) is 78.2 cm³/mol. The number of Topliss-reactive ketones (excluding diaryl/α,β-unsaturated/α-hetero) is 2. The second-order valence-corrected chi connectivity index (χ2v) is 5.49. The number of ketones is 2. The lowest BCUT2D eigenvalue weighted by atomic mass is 9.97. The van der Waals surface area contributed by atoms with E-state index >= 15 is 0 Å². The molecule has 3 heteroatoms. The molecule has 0 saturated heterocycles. The van der Waals surface area contributed by atoms with Crippen LogP contribution in [0.25, 0.3) is 0 Å². The van der Waals surface area contributed by atoms with Gasteiger partial charge in [0.05, 0.1) is 0 Å². The van der Waals surface area contributed by atoms with Crippen LogP contribution in [0.4, 0.5) is 0 Å². The Morgan fingerprint density at radius 3 is 2.45 bits per heavy atom. The molecule has 0 aliphatic heterocycles. The summed E-state index contributed by atoms with van der Waals surface area (Å²) in [6.07, 6.45) is 6.50. The normalized spacial score (nSPS) is 17.6. The number of hydrogen-bond donors (Lipinski definition) is 1. The first-order chi connectivity index (χ1) is 9.66. The molecule has 1 aromatic rings. The Morgan fingerprint density at radius 2 is 1.70 bits per heavy atom. The fourth-order valence-corrected chi connectivity index (χ4v) is 2.80. The van der Waals surface area contributed by atoms with E-state index in [1.807, 2.05) is 6.07 Å². The standard InChI is InChI=1S/C17H22O3/c1-2-3-4-5-6-7-9-12-10-8-11-13-14(12)16(19)17(20)15(13)18/h8,10-11,17,20H,2-7,9H2,1H3. The number of aliphatic hydroxyl groups is 1. The van der Waals surface area contributed by atoms with Gasteiger partial charge in [-0.15, -0.1) is 0 Å². The number of carbonyl (C=O) groups excluding carboxylic acids is 2. The van der Waals surface area contributed by atoms with Crippen LogP contribution in [0.3, 0.4) is 0 Å². The van der Waals surface area contributed by atoms with Crippen molar-refractivity contribution in [3.8, 4) is 0 Å². The van der Waals surface area contributed by atoms with Gasteiger partial charge in [0.2, 0.25) is 0 Å². The number of rotatable bonds is 7. The molecule has 3 nitrogen and oxygen atoms in total. The molecule has 108 valence electrons. The first kappa shape index (κ1) is 14.9. The molecule has 1 atom stereocenters. The number of hydrogen-bond acceptors (Lipinski definition) is 3. The summed E-state index contributed by atoms with van der Waals surface area (Å²) in [7, 11) is 0. The zero-order valence-electron chi connectivity index (χ0n) is 12.0. The van der Waals surface area contributed by atoms with E-state index in [4.69, 9.17) is 0 Å². The molecule has 1 aromatic carbocycles. The van der Waals surface area contributed by atoms with E-state index in [0.29, 0.717) is 11.1 Å². The highest BCUT2D eigenvalue weighted by Crippen LogP contribution is 2.27. The molecule has 0 radical (unpaired) electrons. The number of unbranched alkanes of at least 4 members (excludes halogenated alkanes) is 5. The third-order valence-electron chi connectivity index (χ3n) is 3.96. The Morgan fingerprint density at radius 1 is 1.00 bits per heavy atom. The van der Waals surface area contributed by atoms with Crippen molar-refractivity contribution in [2.45, 2.75) is 58.0 Å². The lowest BCUT2D eigenvalue weighted by Crippen LogP contribution is -2.21. The number of aryl methyl sites for hydroxylation is 1. The largest absolute Gasteiger partial charge is 0.377 e. The Hall–Kier alpha value is -1.48. The third-order valence-corrected chi connectivity index (χ3v) is 3.96. The molecule has 0 saturated carbocycles. The van der Waals surface area contributed by atoms with Crippen molar-refractivity contribution in [2.75, 3.05) is 0 Å². The minimum Gasteiger partial charge on any atom is -0.377 e. The first-order valence-electron chi connectivity index (χ1n) is 7.55. The average Bonchev–Trinajstić information content (AvgIpc) is 2.68. The van der Waals surface area contributed by atoms with Gasteiger partial charge in [0.25, 0.3) is 0 Å². The highest BCUT2D eigenvalue weighted by atomic mass is 16.3. The van der Waals surface area contributed by atoms with Gasteiger partial charge >= 0.3 is 0 Å². The molecule has 0 amide bonds. The third kappa shape index (κ3) is 2.98. The molecule has 2 rings (SSSR count). The first-order valence-corrected chi connectivity index (χ1v) is 7.55. The number of carbonyl (C=O) groups is 2. The van der Waals surface area contributed by atoms with Crippen molar-refractivity contribution in [1.82, 2.24) is 0 Å². The summed E-state index contributed by atoms with van der Waals surface area (Å²) in [5.41, 5.74) is 1.76. The molecule has 0 heterocycles. The van der Waals surface area contributed by atoms with Crippen LogP contribution in [0.15, 0.2) is 18.2 Å². The van der Waals surface area contributed by atoms with Crippen molar-refractivity contribution < 1.29 is 14.7 Å². The van der Waals surface area contributed by atoms with Crippen LogP contribution in [0, 0.1) is 0 Å². The van der Waals surface area contributed by atoms with Crippen LogP contribution in [-0.2, 0) is 6.42 Å². The maximum atomic E-state index is 11.9. The number of fused-ring (bicyclic) bond motifs is 1. The van der Waals surface area contributed by atoms with Gasteiger partial charge in [0.15, 0.2) is 17.7 Å². The second kappa shape index (κ2) is 6.80. The van der Waals surface area contributed by atoms with Gasteiger partial charge in [0.1, 0.15) is 0 Å². The van der Waals surface area contributed by atoms with Crippen molar-refractivity contribution in [3.05, 3.63) is 34.9 Å². The fourth-order valence-electron chi connectivity index (χ4n) is 2.80. The maximum Gasteiger partial charge on any atom is 0.200 e. The van der Waals surface area contributed by atoms with E-state index in [0.717, 1.165) is 24.8 Å². The summed E-state index contributed by atoms with van der Waals surface area (Å²) < 4.78 is 0. The zero-order valence-corrected chi connectivity index (χ0v) is 12.0. The summed E-state index contributed by atoms with van der Waals surface area (Å²) in [5.74, 6) is -0.874.